The molecule has 1 aromatic carbocycles. The van der Waals surface area contributed by atoms with E-state index in [0.29, 0.717) is 16.2 Å². The van der Waals surface area contributed by atoms with Gasteiger partial charge in [-0.3, -0.25) is 14.5 Å². The third-order valence-corrected chi connectivity index (χ3v) is 9.14. The van der Waals surface area contributed by atoms with Gasteiger partial charge in [0.2, 0.25) is 5.91 Å². The summed E-state index contributed by atoms with van der Waals surface area (Å²) < 4.78 is 0. The number of thioether (sulfide) groups is 2. The molecule has 0 aliphatic carbocycles. The number of benzene rings is 1. The predicted octanol–water partition coefficient (Wildman–Crippen LogP) is 4.70. The van der Waals surface area contributed by atoms with Crippen molar-refractivity contribution in [1.29, 1.82) is 5.26 Å². The van der Waals surface area contributed by atoms with E-state index < -0.39 is 35.1 Å². The van der Waals surface area contributed by atoms with Crippen molar-refractivity contribution >= 4 is 58.7 Å². The number of carboxylic acid groups (broad SMARTS) is 1. The molecule has 7 nitrogen and oxygen atoms in total. The molecular formula is C26H25N3O4S3. The number of aliphatic carboxylic acids is 1. The SMILES string of the molecule is CCCCSc1cccc(C=CC2=C(C(=O)O)N3C(=O)C(NC(=O)C(C#N)c4cccs4)[C@@H]3SC2)c1. The Labute approximate surface area is 222 Å². The molecule has 3 heterocycles. The van der Waals surface area contributed by atoms with Gasteiger partial charge in [0, 0.05) is 15.5 Å². The van der Waals surface area contributed by atoms with Crippen molar-refractivity contribution in [2.45, 2.75) is 42.0 Å². The number of fused-ring (bicyclic) bond motifs is 1. The number of thiophene rings is 1. The highest BCUT2D eigenvalue weighted by Crippen LogP contribution is 2.41. The van der Waals surface area contributed by atoms with Crippen LogP contribution in [0.25, 0.3) is 6.08 Å². The van der Waals surface area contributed by atoms with E-state index in [4.69, 9.17) is 0 Å². The number of nitrogens with zero attached hydrogens (tertiary/aromatic N) is 2. The minimum Gasteiger partial charge on any atom is -0.477 e. The Morgan fingerprint density at radius 1 is 1.33 bits per heavy atom. The molecule has 1 saturated heterocycles. The standard InChI is InChI=1S/C26H25N3O4S3/c1-2-3-11-34-18-7-4-6-16(13-18)9-10-17-15-36-25-21(24(31)29(25)22(17)26(32)33)28-23(30)19(14-27)20-8-5-12-35-20/h4-10,12-13,19,21,25H,2-3,11,15H2,1H3,(H,28,30)(H,32,33)/t19?,21?,25-/m0/s1. The van der Waals surface area contributed by atoms with Gasteiger partial charge in [0.25, 0.3) is 5.91 Å². The number of rotatable bonds is 10. The molecule has 0 saturated carbocycles. The Hall–Kier alpha value is -3.00. The lowest BCUT2D eigenvalue weighted by molar-refractivity contribution is -0.150. The fourth-order valence-electron chi connectivity index (χ4n) is 3.95. The van der Waals surface area contributed by atoms with E-state index in [0.717, 1.165) is 29.1 Å². The Morgan fingerprint density at radius 2 is 2.17 bits per heavy atom. The van der Waals surface area contributed by atoms with Gasteiger partial charge in [-0.15, -0.1) is 34.9 Å². The van der Waals surface area contributed by atoms with Crippen LogP contribution in [0.1, 0.15) is 36.1 Å². The number of nitrogens with one attached hydrogen (secondary N) is 1. The molecule has 2 aromatic rings. The third-order valence-electron chi connectivity index (χ3n) is 5.82. The summed E-state index contributed by atoms with van der Waals surface area (Å²) in [5.74, 6) is -1.80. The zero-order chi connectivity index (χ0) is 25.7. The number of hydrogen-bond acceptors (Lipinski definition) is 7. The molecule has 2 amide bonds. The topological polar surface area (TPSA) is 110 Å². The molecule has 1 aromatic heterocycles. The van der Waals surface area contributed by atoms with E-state index in [1.807, 2.05) is 24.3 Å². The van der Waals surface area contributed by atoms with Gasteiger partial charge in [0.15, 0.2) is 5.92 Å². The summed E-state index contributed by atoms with van der Waals surface area (Å²) in [6, 6.07) is 12.6. The van der Waals surface area contributed by atoms with Crippen LogP contribution in [0.5, 0.6) is 0 Å². The first kappa shape index (κ1) is 26.1. The van der Waals surface area contributed by atoms with Gasteiger partial charge >= 0.3 is 5.97 Å². The number of carbonyl (C=O) groups excluding carboxylic acids is 2. The molecule has 0 bridgehead atoms. The van der Waals surface area contributed by atoms with Crippen molar-refractivity contribution in [1.82, 2.24) is 10.2 Å². The van der Waals surface area contributed by atoms with Gasteiger partial charge < -0.3 is 10.4 Å². The summed E-state index contributed by atoms with van der Waals surface area (Å²) in [7, 11) is 0. The average Bonchev–Trinajstić information content (AvgIpc) is 3.40. The lowest BCUT2D eigenvalue weighted by Gasteiger charge is -2.49. The van der Waals surface area contributed by atoms with Crippen molar-refractivity contribution in [3.63, 3.8) is 0 Å². The van der Waals surface area contributed by atoms with E-state index >= 15 is 0 Å². The average molecular weight is 540 g/mol. The summed E-state index contributed by atoms with van der Waals surface area (Å²) in [5.41, 5.74) is 1.44. The predicted molar refractivity (Wildman–Crippen MR) is 143 cm³/mol. The summed E-state index contributed by atoms with van der Waals surface area (Å²) in [5, 5.41) is 23.3. The van der Waals surface area contributed by atoms with Crippen molar-refractivity contribution in [3.05, 3.63) is 69.6 Å². The molecule has 2 aliphatic heterocycles. The number of nitriles is 1. The van der Waals surface area contributed by atoms with Crippen LogP contribution >= 0.6 is 34.9 Å². The highest BCUT2D eigenvalue weighted by molar-refractivity contribution is 8.00. The van der Waals surface area contributed by atoms with Gasteiger partial charge in [-0.25, -0.2) is 4.79 Å². The van der Waals surface area contributed by atoms with Crippen LogP contribution in [0.3, 0.4) is 0 Å². The number of carbonyl (C=O) groups is 3. The summed E-state index contributed by atoms with van der Waals surface area (Å²) in [4.78, 5) is 40.7. The lowest BCUT2D eigenvalue weighted by Crippen LogP contribution is -2.70. The molecule has 2 unspecified atom stereocenters. The molecule has 10 heteroatoms. The van der Waals surface area contributed by atoms with Gasteiger partial charge in [-0.05, 0) is 46.9 Å². The molecule has 3 atom stereocenters. The Morgan fingerprint density at radius 3 is 2.86 bits per heavy atom. The number of hydrogen-bond donors (Lipinski definition) is 2. The molecule has 0 spiro atoms. The first-order valence-electron chi connectivity index (χ1n) is 11.5. The first-order chi connectivity index (χ1) is 17.4. The Kier molecular flexibility index (Phi) is 8.56. The molecule has 1 fully saturated rings. The normalized spacial score (nSPS) is 20.0. The number of unbranched alkanes of at least 4 members (excludes halogenated alkanes) is 1. The lowest BCUT2D eigenvalue weighted by atomic mass is 10.0. The summed E-state index contributed by atoms with van der Waals surface area (Å²) in [6.45, 7) is 2.16. The zero-order valence-corrected chi connectivity index (χ0v) is 22.0. The van der Waals surface area contributed by atoms with Crippen LogP contribution in [-0.2, 0) is 14.4 Å². The van der Waals surface area contributed by atoms with Crippen LogP contribution in [0.15, 0.2) is 64.0 Å². The van der Waals surface area contributed by atoms with Gasteiger partial charge in [-0.2, -0.15) is 5.26 Å². The maximum atomic E-state index is 12.9. The second-order valence-corrected chi connectivity index (χ2v) is 11.5. The van der Waals surface area contributed by atoms with E-state index in [-0.39, 0.29) is 5.70 Å². The van der Waals surface area contributed by atoms with Gasteiger partial charge in [0.05, 0.1) is 6.07 Å². The summed E-state index contributed by atoms with van der Waals surface area (Å²) in [6.07, 6.45) is 5.91. The largest absolute Gasteiger partial charge is 0.477 e. The van der Waals surface area contributed by atoms with Gasteiger partial charge in [0.1, 0.15) is 17.1 Å². The van der Waals surface area contributed by atoms with E-state index in [1.54, 1.807) is 35.4 Å². The van der Waals surface area contributed by atoms with Crippen molar-refractivity contribution in [2.24, 2.45) is 0 Å². The molecule has 4 rings (SSSR count). The van der Waals surface area contributed by atoms with E-state index in [2.05, 4.69) is 24.4 Å². The maximum Gasteiger partial charge on any atom is 0.352 e. The molecule has 186 valence electrons. The molecular weight excluding hydrogens is 515 g/mol. The van der Waals surface area contributed by atoms with Gasteiger partial charge in [-0.1, -0.05) is 43.7 Å². The fourth-order valence-corrected chi connectivity index (χ4v) is 7.10. The quantitative estimate of drug-likeness (QED) is 0.256. The number of allylic oxidation sites excluding steroid dienone is 1. The number of amides is 2. The maximum absolute atomic E-state index is 12.9. The van der Waals surface area contributed by atoms with Crippen LogP contribution in [0.4, 0.5) is 0 Å². The molecule has 2 N–H and O–H groups in total. The van der Waals surface area contributed by atoms with Crippen LogP contribution in [-0.4, -0.2) is 50.7 Å². The highest BCUT2D eigenvalue weighted by atomic mass is 32.2. The second kappa shape index (κ2) is 11.8. The van der Waals surface area contributed by atoms with E-state index in [1.165, 1.54) is 28.0 Å². The summed E-state index contributed by atoms with van der Waals surface area (Å²) >= 11 is 4.49. The van der Waals surface area contributed by atoms with Crippen LogP contribution in [0.2, 0.25) is 0 Å². The second-order valence-electron chi connectivity index (χ2n) is 8.26. The molecule has 2 aliphatic rings. The number of carboxylic acids is 1. The van der Waals surface area contributed by atoms with Crippen molar-refractivity contribution in [2.75, 3.05) is 11.5 Å². The van der Waals surface area contributed by atoms with Crippen molar-refractivity contribution in [3.8, 4) is 6.07 Å². The monoisotopic (exact) mass is 539 g/mol. The minimum absolute atomic E-state index is 0.0611. The third kappa shape index (κ3) is 5.53. The van der Waals surface area contributed by atoms with Crippen molar-refractivity contribution < 1.29 is 19.5 Å². The smallest absolute Gasteiger partial charge is 0.352 e. The molecule has 36 heavy (non-hydrogen) atoms. The minimum atomic E-state index is -1.18. The zero-order valence-electron chi connectivity index (χ0n) is 19.5. The molecule has 0 radical (unpaired) electrons. The van der Waals surface area contributed by atoms with Crippen LogP contribution < -0.4 is 5.32 Å². The Balaban J connectivity index is 1.48. The first-order valence-corrected chi connectivity index (χ1v) is 14.4. The van der Waals surface area contributed by atoms with E-state index in [9.17, 15) is 24.8 Å². The highest BCUT2D eigenvalue weighted by Gasteiger charge is 2.54. The number of β-lactam (4-membered cyclic amide) rings is 1. The Bertz CT molecular complexity index is 1250. The fraction of sp³-hybridized carbons (Fsp3) is 0.308. The van der Waals surface area contributed by atoms with Crippen LogP contribution in [0, 0.1) is 11.3 Å².